The lowest BCUT2D eigenvalue weighted by Crippen LogP contribution is -2.37. The van der Waals surface area contributed by atoms with Crippen LogP contribution in [0, 0.1) is 11.3 Å². The van der Waals surface area contributed by atoms with E-state index in [0.29, 0.717) is 13.1 Å². The van der Waals surface area contributed by atoms with Crippen molar-refractivity contribution in [1.29, 1.82) is 5.26 Å². The topological polar surface area (TPSA) is 91.0 Å². The molecule has 1 unspecified atom stereocenters. The van der Waals surface area contributed by atoms with Crippen LogP contribution in [-0.2, 0) is 16.1 Å². The second-order valence-corrected chi connectivity index (χ2v) is 6.02. The van der Waals surface area contributed by atoms with E-state index in [-0.39, 0.29) is 37.1 Å². The lowest BCUT2D eigenvalue weighted by Gasteiger charge is -2.22. The molecule has 0 bridgehead atoms. The number of carbonyl (C=O) groups excluding carboxylic acids is 2. The van der Waals surface area contributed by atoms with Crippen molar-refractivity contribution >= 4 is 17.5 Å². The molecule has 136 valence electrons. The third kappa shape index (κ3) is 6.06. The highest BCUT2D eigenvalue weighted by molar-refractivity contribution is 5.95. The Balaban J connectivity index is 1.84. The van der Waals surface area contributed by atoms with Crippen molar-refractivity contribution in [2.75, 3.05) is 11.4 Å². The number of benzene rings is 1. The summed E-state index contributed by atoms with van der Waals surface area (Å²) in [5, 5.41) is 11.7. The molecule has 7 heteroatoms. The van der Waals surface area contributed by atoms with Crippen LogP contribution in [0.4, 0.5) is 5.69 Å². The summed E-state index contributed by atoms with van der Waals surface area (Å²) in [7, 11) is 0. The number of amides is 2. The Labute approximate surface area is 153 Å². The number of imidazole rings is 1. The zero-order chi connectivity index (χ0) is 18.8. The van der Waals surface area contributed by atoms with Gasteiger partial charge in [0.2, 0.25) is 11.8 Å². The molecule has 0 saturated heterocycles. The van der Waals surface area contributed by atoms with Crippen LogP contribution >= 0.6 is 0 Å². The number of hydrogen-bond acceptors (Lipinski definition) is 4. The van der Waals surface area contributed by atoms with Crippen molar-refractivity contribution in [3.8, 4) is 6.07 Å². The Morgan fingerprint density at radius 3 is 2.73 bits per heavy atom. The van der Waals surface area contributed by atoms with Crippen LogP contribution in [0.5, 0.6) is 0 Å². The fourth-order valence-electron chi connectivity index (χ4n) is 2.63. The first-order valence-corrected chi connectivity index (χ1v) is 8.57. The summed E-state index contributed by atoms with van der Waals surface area (Å²) in [6.45, 7) is 2.85. The van der Waals surface area contributed by atoms with E-state index in [1.807, 2.05) is 48.0 Å². The van der Waals surface area contributed by atoms with Crippen LogP contribution in [0.25, 0.3) is 0 Å². The van der Waals surface area contributed by atoms with Crippen LogP contribution in [-0.4, -0.2) is 34.0 Å². The second kappa shape index (κ2) is 9.99. The van der Waals surface area contributed by atoms with Gasteiger partial charge in [0, 0.05) is 50.1 Å². The minimum absolute atomic E-state index is 0.0596. The van der Waals surface area contributed by atoms with E-state index in [4.69, 9.17) is 5.26 Å². The Bertz CT molecular complexity index is 737. The number of carbonyl (C=O) groups is 2. The van der Waals surface area contributed by atoms with Crippen molar-refractivity contribution in [1.82, 2.24) is 14.9 Å². The van der Waals surface area contributed by atoms with E-state index in [9.17, 15) is 9.59 Å². The van der Waals surface area contributed by atoms with E-state index in [2.05, 4.69) is 16.4 Å². The summed E-state index contributed by atoms with van der Waals surface area (Å²) in [5.41, 5.74) is 0.738. The molecule has 0 aliphatic carbocycles. The lowest BCUT2D eigenvalue weighted by atomic mass is 10.2. The molecule has 1 atom stereocenters. The quantitative estimate of drug-likeness (QED) is 0.747. The van der Waals surface area contributed by atoms with Gasteiger partial charge in [-0.1, -0.05) is 18.2 Å². The highest BCUT2D eigenvalue weighted by atomic mass is 16.2. The zero-order valence-electron chi connectivity index (χ0n) is 14.8. The van der Waals surface area contributed by atoms with Gasteiger partial charge in [0.1, 0.15) is 0 Å². The molecule has 0 radical (unpaired) electrons. The van der Waals surface area contributed by atoms with Crippen molar-refractivity contribution in [2.24, 2.45) is 0 Å². The molecule has 0 fully saturated rings. The van der Waals surface area contributed by atoms with Crippen LogP contribution in [0.3, 0.4) is 0 Å². The molecular weight excluding hydrogens is 330 g/mol. The lowest BCUT2D eigenvalue weighted by molar-refractivity contribution is -0.125. The van der Waals surface area contributed by atoms with Gasteiger partial charge < -0.3 is 14.8 Å². The summed E-state index contributed by atoms with van der Waals surface area (Å²) in [5.74, 6) is -0.330. The predicted octanol–water partition coefficient (Wildman–Crippen LogP) is 2.11. The maximum atomic E-state index is 12.5. The molecule has 1 N–H and O–H groups in total. The van der Waals surface area contributed by atoms with Crippen molar-refractivity contribution in [3.05, 3.63) is 49.1 Å². The van der Waals surface area contributed by atoms with Gasteiger partial charge in [-0.2, -0.15) is 5.26 Å². The molecule has 2 rings (SSSR count). The number of rotatable bonds is 9. The molecule has 26 heavy (non-hydrogen) atoms. The Morgan fingerprint density at radius 2 is 2.08 bits per heavy atom. The summed E-state index contributed by atoms with van der Waals surface area (Å²) in [6.07, 6.45) is 5.67. The number of hydrogen-bond donors (Lipinski definition) is 1. The predicted molar refractivity (Wildman–Crippen MR) is 98.1 cm³/mol. The molecule has 0 spiro atoms. The molecule has 1 aromatic heterocycles. The van der Waals surface area contributed by atoms with Gasteiger partial charge in [-0.15, -0.1) is 0 Å². The summed E-state index contributed by atoms with van der Waals surface area (Å²) in [6, 6.07) is 11.2. The molecule has 1 aromatic carbocycles. The smallest absolute Gasteiger partial charge is 0.227 e. The first-order chi connectivity index (χ1) is 12.6. The Morgan fingerprint density at radius 1 is 1.31 bits per heavy atom. The average molecular weight is 353 g/mol. The minimum Gasteiger partial charge on any atom is -0.352 e. The minimum atomic E-state index is -0.167. The zero-order valence-corrected chi connectivity index (χ0v) is 14.8. The monoisotopic (exact) mass is 353 g/mol. The van der Waals surface area contributed by atoms with E-state index in [1.165, 1.54) is 0 Å². The van der Waals surface area contributed by atoms with Gasteiger partial charge >= 0.3 is 0 Å². The summed E-state index contributed by atoms with van der Waals surface area (Å²) in [4.78, 5) is 30.1. The summed E-state index contributed by atoms with van der Waals surface area (Å²) < 4.78 is 1.88. The second-order valence-electron chi connectivity index (χ2n) is 6.02. The SMILES string of the molecule is CC(Cn1ccnc1)NC(=O)CCC(=O)N(CCC#N)c1ccccc1. The number of nitrogens with zero attached hydrogens (tertiary/aromatic N) is 4. The first-order valence-electron chi connectivity index (χ1n) is 8.57. The average Bonchev–Trinajstić information content (AvgIpc) is 3.14. The molecule has 0 saturated carbocycles. The van der Waals surface area contributed by atoms with Crippen molar-refractivity contribution in [2.45, 2.75) is 38.8 Å². The van der Waals surface area contributed by atoms with Gasteiger partial charge in [0.05, 0.1) is 18.8 Å². The molecule has 1 heterocycles. The largest absolute Gasteiger partial charge is 0.352 e. The first kappa shape index (κ1) is 19.2. The number of nitriles is 1. The van der Waals surface area contributed by atoms with Gasteiger partial charge in [-0.3, -0.25) is 9.59 Å². The van der Waals surface area contributed by atoms with Crippen LogP contribution in [0.2, 0.25) is 0 Å². The molecule has 0 aliphatic heterocycles. The van der Waals surface area contributed by atoms with E-state index < -0.39 is 0 Å². The molecular formula is C19H23N5O2. The number of anilines is 1. The van der Waals surface area contributed by atoms with Gasteiger partial charge in [-0.05, 0) is 19.1 Å². The normalized spacial score (nSPS) is 11.4. The third-order valence-electron chi connectivity index (χ3n) is 3.83. The van der Waals surface area contributed by atoms with Gasteiger partial charge in [-0.25, -0.2) is 4.98 Å². The van der Waals surface area contributed by atoms with Crippen LogP contribution < -0.4 is 10.2 Å². The maximum absolute atomic E-state index is 12.5. The van der Waals surface area contributed by atoms with Crippen molar-refractivity contribution < 1.29 is 9.59 Å². The van der Waals surface area contributed by atoms with Crippen LogP contribution in [0.1, 0.15) is 26.2 Å². The number of para-hydroxylation sites is 1. The molecule has 0 aliphatic rings. The van der Waals surface area contributed by atoms with Crippen molar-refractivity contribution in [3.63, 3.8) is 0 Å². The number of nitrogens with one attached hydrogen (secondary N) is 1. The van der Waals surface area contributed by atoms with Gasteiger partial charge in [0.15, 0.2) is 0 Å². The third-order valence-corrected chi connectivity index (χ3v) is 3.83. The molecule has 7 nitrogen and oxygen atoms in total. The highest BCUT2D eigenvalue weighted by Gasteiger charge is 2.17. The standard InChI is InChI=1S/C19H23N5O2/c1-16(14-23-13-11-21-15-23)22-18(25)8-9-19(26)24(12-5-10-20)17-6-3-2-4-7-17/h2-4,6-7,11,13,15-16H,5,8-9,12,14H2,1H3,(H,22,25). The van der Waals surface area contributed by atoms with E-state index in [0.717, 1.165) is 5.69 Å². The van der Waals surface area contributed by atoms with Crippen LogP contribution in [0.15, 0.2) is 49.1 Å². The maximum Gasteiger partial charge on any atom is 0.227 e. The Hall–Kier alpha value is -3.14. The fraction of sp³-hybridized carbons (Fsp3) is 0.368. The number of aromatic nitrogens is 2. The van der Waals surface area contributed by atoms with E-state index in [1.54, 1.807) is 17.4 Å². The van der Waals surface area contributed by atoms with Gasteiger partial charge in [0.25, 0.3) is 0 Å². The van der Waals surface area contributed by atoms with E-state index >= 15 is 0 Å². The fourth-order valence-corrected chi connectivity index (χ4v) is 2.63. The molecule has 2 aromatic rings. The Kier molecular flexibility index (Phi) is 7.37. The highest BCUT2D eigenvalue weighted by Crippen LogP contribution is 2.15. The molecule has 2 amide bonds. The summed E-state index contributed by atoms with van der Waals surface area (Å²) >= 11 is 0.